The molecule has 0 aliphatic rings. The van der Waals surface area contributed by atoms with Crippen LogP contribution in [0.25, 0.3) is 10.9 Å². The third-order valence-electron chi connectivity index (χ3n) is 2.65. The topological polar surface area (TPSA) is 41.8 Å². The number of nitrogens with one attached hydrogen (secondary N) is 1. The minimum absolute atomic E-state index is 0.169. The lowest BCUT2D eigenvalue weighted by Gasteiger charge is -2.05. The average molecular weight is 206 g/mol. The van der Waals surface area contributed by atoms with Gasteiger partial charge in [0, 0.05) is 29.1 Å². The van der Waals surface area contributed by atoms with E-state index in [9.17, 15) is 4.39 Å². The van der Waals surface area contributed by atoms with Gasteiger partial charge in [0.25, 0.3) is 0 Å². The van der Waals surface area contributed by atoms with E-state index in [1.54, 1.807) is 6.07 Å². The fraction of sp³-hybridized carbons (Fsp3) is 0.333. The summed E-state index contributed by atoms with van der Waals surface area (Å²) in [5.74, 6) is -0.201. The molecular formula is C12H15FN2. The highest BCUT2D eigenvalue weighted by Gasteiger charge is 2.05. The van der Waals surface area contributed by atoms with Crippen molar-refractivity contribution in [1.29, 1.82) is 0 Å². The van der Waals surface area contributed by atoms with Crippen molar-refractivity contribution in [3.8, 4) is 0 Å². The van der Waals surface area contributed by atoms with E-state index in [1.165, 1.54) is 12.1 Å². The number of hydrogen-bond acceptors (Lipinski definition) is 1. The molecule has 1 heterocycles. The Hall–Kier alpha value is -1.35. The van der Waals surface area contributed by atoms with Crippen LogP contribution >= 0.6 is 0 Å². The van der Waals surface area contributed by atoms with E-state index < -0.39 is 0 Å². The molecule has 3 N–H and O–H groups in total. The number of hydrogen-bond donors (Lipinski definition) is 2. The second-order valence-electron chi connectivity index (χ2n) is 3.90. The molecular weight excluding hydrogens is 191 g/mol. The fourth-order valence-electron chi connectivity index (χ4n) is 1.70. The Morgan fingerprint density at radius 1 is 1.40 bits per heavy atom. The molecule has 15 heavy (non-hydrogen) atoms. The molecule has 0 bridgehead atoms. The average Bonchev–Trinajstić information content (AvgIpc) is 2.59. The molecule has 3 heteroatoms. The van der Waals surface area contributed by atoms with Crippen LogP contribution in [0.1, 0.15) is 19.0 Å². The summed E-state index contributed by atoms with van der Waals surface area (Å²) in [7, 11) is 0. The molecule has 0 fully saturated rings. The van der Waals surface area contributed by atoms with Crippen LogP contribution in [0.2, 0.25) is 0 Å². The summed E-state index contributed by atoms with van der Waals surface area (Å²) >= 11 is 0. The van der Waals surface area contributed by atoms with E-state index in [4.69, 9.17) is 5.73 Å². The van der Waals surface area contributed by atoms with Crippen molar-refractivity contribution >= 4 is 10.9 Å². The molecule has 0 amide bonds. The monoisotopic (exact) mass is 206 g/mol. The second kappa shape index (κ2) is 4.03. The largest absolute Gasteiger partial charge is 0.358 e. The van der Waals surface area contributed by atoms with Crippen LogP contribution in [-0.4, -0.2) is 11.0 Å². The fourth-order valence-corrected chi connectivity index (χ4v) is 1.70. The molecule has 0 aliphatic carbocycles. The van der Waals surface area contributed by atoms with E-state index in [-0.39, 0.29) is 11.9 Å². The van der Waals surface area contributed by atoms with Crippen molar-refractivity contribution in [2.45, 2.75) is 25.8 Å². The first-order valence-corrected chi connectivity index (χ1v) is 5.21. The Morgan fingerprint density at radius 3 is 2.93 bits per heavy atom. The van der Waals surface area contributed by atoms with Crippen molar-refractivity contribution in [1.82, 2.24) is 4.98 Å². The zero-order chi connectivity index (χ0) is 10.8. The molecule has 0 saturated carbocycles. The van der Waals surface area contributed by atoms with E-state index in [0.29, 0.717) is 0 Å². The van der Waals surface area contributed by atoms with Gasteiger partial charge in [0.05, 0.1) is 0 Å². The number of rotatable bonds is 3. The van der Waals surface area contributed by atoms with Crippen LogP contribution in [0.15, 0.2) is 24.3 Å². The maximum atomic E-state index is 12.9. The molecule has 1 unspecified atom stereocenters. The second-order valence-corrected chi connectivity index (χ2v) is 3.90. The first-order valence-electron chi connectivity index (χ1n) is 5.21. The van der Waals surface area contributed by atoms with Crippen molar-refractivity contribution < 1.29 is 4.39 Å². The van der Waals surface area contributed by atoms with E-state index in [0.717, 1.165) is 29.4 Å². The van der Waals surface area contributed by atoms with Crippen LogP contribution < -0.4 is 5.73 Å². The molecule has 2 nitrogen and oxygen atoms in total. The maximum absolute atomic E-state index is 12.9. The Kier molecular flexibility index (Phi) is 2.73. The van der Waals surface area contributed by atoms with Gasteiger partial charge in [0.15, 0.2) is 0 Å². The normalized spacial score (nSPS) is 13.3. The summed E-state index contributed by atoms with van der Waals surface area (Å²) in [6, 6.07) is 6.89. The molecule has 1 aromatic carbocycles. The number of fused-ring (bicyclic) bond motifs is 1. The highest BCUT2D eigenvalue weighted by atomic mass is 19.1. The summed E-state index contributed by atoms with van der Waals surface area (Å²) in [6.45, 7) is 2.06. The van der Waals surface area contributed by atoms with Crippen molar-refractivity contribution in [3.05, 3.63) is 35.8 Å². The highest BCUT2D eigenvalue weighted by Crippen LogP contribution is 2.17. The summed E-state index contributed by atoms with van der Waals surface area (Å²) in [5, 5.41) is 0.910. The van der Waals surface area contributed by atoms with Gasteiger partial charge in [0.1, 0.15) is 5.82 Å². The molecule has 1 atom stereocenters. The SMILES string of the molecule is CCC(N)Cc1cc2cc(F)ccc2[nH]1. The van der Waals surface area contributed by atoms with Gasteiger partial charge in [-0.05, 0) is 30.7 Å². The zero-order valence-corrected chi connectivity index (χ0v) is 8.76. The van der Waals surface area contributed by atoms with Crippen molar-refractivity contribution in [2.24, 2.45) is 5.73 Å². The van der Waals surface area contributed by atoms with Crippen LogP contribution in [0.4, 0.5) is 4.39 Å². The summed E-state index contributed by atoms with van der Waals surface area (Å²) < 4.78 is 12.9. The predicted molar refractivity (Wildman–Crippen MR) is 60.2 cm³/mol. The van der Waals surface area contributed by atoms with Gasteiger partial charge in [-0.2, -0.15) is 0 Å². The number of nitrogens with two attached hydrogens (primary N) is 1. The molecule has 0 radical (unpaired) electrons. The molecule has 2 aromatic rings. The number of aromatic amines is 1. The summed E-state index contributed by atoms with van der Waals surface area (Å²) in [5.41, 5.74) is 7.90. The molecule has 80 valence electrons. The number of benzene rings is 1. The Labute approximate surface area is 88.3 Å². The van der Waals surface area contributed by atoms with Gasteiger partial charge in [-0.3, -0.25) is 0 Å². The van der Waals surface area contributed by atoms with Gasteiger partial charge < -0.3 is 10.7 Å². The minimum atomic E-state index is -0.201. The molecule has 0 saturated heterocycles. The first-order chi connectivity index (χ1) is 7.19. The van der Waals surface area contributed by atoms with Crippen molar-refractivity contribution in [2.75, 3.05) is 0 Å². The lowest BCUT2D eigenvalue weighted by molar-refractivity contribution is 0.629. The number of halogens is 1. The van der Waals surface area contributed by atoms with Crippen LogP contribution in [-0.2, 0) is 6.42 Å². The lowest BCUT2D eigenvalue weighted by atomic mass is 10.1. The lowest BCUT2D eigenvalue weighted by Crippen LogP contribution is -2.21. The van der Waals surface area contributed by atoms with Gasteiger partial charge in [-0.25, -0.2) is 4.39 Å². The Morgan fingerprint density at radius 2 is 2.20 bits per heavy atom. The Bertz CT molecular complexity index is 462. The molecule has 2 rings (SSSR count). The van der Waals surface area contributed by atoms with Gasteiger partial charge in [-0.1, -0.05) is 6.92 Å². The standard InChI is InChI=1S/C12H15FN2/c1-2-10(14)7-11-6-8-5-9(13)3-4-12(8)15-11/h3-6,10,15H,2,7,14H2,1H3. The van der Waals surface area contributed by atoms with E-state index in [2.05, 4.69) is 11.9 Å². The predicted octanol–water partition coefficient (Wildman–Crippen LogP) is 2.59. The maximum Gasteiger partial charge on any atom is 0.123 e. The number of aromatic nitrogens is 1. The molecule has 1 aromatic heterocycles. The van der Waals surface area contributed by atoms with Crippen LogP contribution in [0.3, 0.4) is 0 Å². The van der Waals surface area contributed by atoms with Crippen LogP contribution in [0, 0.1) is 5.82 Å². The van der Waals surface area contributed by atoms with Gasteiger partial charge in [-0.15, -0.1) is 0 Å². The third-order valence-corrected chi connectivity index (χ3v) is 2.65. The van der Waals surface area contributed by atoms with Crippen LogP contribution in [0.5, 0.6) is 0 Å². The number of H-pyrrole nitrogens is 1. The molecule has 0 spiro atoms. The zero-order valence-electron chi connectivity index (χ0n) is 8.76. The van der Waals surface area contributed by atoms with Gasteiger partial charge in [0.2, 0.25) is 0 Å². The summed E-state index contributed by atoms with van der Waals surface area (Å²) in [6.07, 6.45) is 1.76. The minimum Gasteiger partial charge on any atom is -0.358 e. The Balaban J connectivity index is 2.30. The summed E-state index contributed by atoms with van der Waals surface area (Å²) in [4.78, 5) is 3.24. The van der Waals surface area contributed by atoms with Gasteiger partial charge >= 0.3 is 0 Å². The third kappa shape index (κ3) is 2.18. The van der Waals surface area contributed by atoms with E-state index >= 15 is 0 Å². The smallest absolute Gasteiger partial charge is 0.123 e. The van der Waals surface area contributed by atoms with E-state index in [1.807, 2.05) is 6.07 Å². The highest BCUT2D eigenvalue weighted by molar-refractivity contribution is 5.80. The van der Waals surface area contributed by atoms with Crippen molar-refractivity contribution in [3.63, 3.8) is 0 Å². The quantitative estimate of drug-likeness (QED) is 0.796. The first kappa shape index (κ1) is 10.2. The molecule has 0 aliphatic heterocycles.